The molecule has 2 heterocycles. The van der Waals surface area contributed by atoms with E-state index >= 15 is 0 Å². The second kappa shape index (κ2) is 5.13. The fourth-order valence-electron chi connectivity index (χ4n) is 2.33. The van der Waals surface area contributed by atoms with E-state index in [0.717, 1.165) is 4.57 Å². The van der Waals surface area contributed by atoms with Crippen molar-refractivity contribution in [1.82, 2.24) is 9.55 Å². The van der Waals surface area contributed by atoms with Crippen LogP contribution in [0.5, 0.6) is 0 Å². The molecule has 0 aliphatic carbocycles. The smallest absolute Gasteiger partial charge is 0.297 e. The van der Waals surface area contributed by atoms with E-state index in [1.54, 1.807) is 6.92 Å². The molecule has 1 unspecified atom stereocenters. The molecule has 0 spiro atoms. The molecule has 1 aliphatic heterocycles. The summed E-state index contributed by atoms with van der Waals surface area (Å²) in [6, 6.07) is 0. The van der Waals surface area contributed by atoms with Crippen LogP contribution in [-0.2, 0) is 22.8 Å². The Hall–Kier alpha value is -1.08. The van der Waals surface area contributed by atoms with Gasteiger partial charge in [0, 0.05) is 6.54 Å². The topological polar surface area (TPSA) is 89.0 Å². The molecule has 2 rings (SSSR count). The summed E-state index contributed by atoms with van der Waals surface area (Å²) >= 11 is 5.80. The number of aromatic nitrogens is 2. The lowest BCUT2D eigenvalue weighted by atomic mass is 10.1. The van der Waals surface area contributed by atoms with Crippen molar-refractivity contribution in [3.05, 3.63) is 31.6 Å². The van der Waals surface area contributed by atoms with Gasteiger partial charge in [0.25, 0.3) is 5.56 Å². The molecule has 6 nitrogen and oxygen atoms in total. The number of hydrogen-bond acceptors (Lipinski definition) is 4. The van der Waals surface area contributed by atoms with E-state index in [0.29, 0.717) is 18.4 Å². The predicted octanol–water partition coefficient (Wildman–Crippen LogP) is 0.187. The van der Waals surface area contributed by atoms with Crippen LogP contribution in [0.2, 0.25) is 5.15 Å². The van der Waals surface area contributed by atoms with Gasteiger partial charge in [0.2, 0.25) is 0 Å². The Morgan fingerprint density at radius 2 is 2.11 bits per heavy atom. The van der Waals surface area contributed by atoms with Crippen molar-refractivity contribution in [1.29, 1.82) is 0 Å². The third kappa shape index (κ3) is 2.92. The first-order chi connectivity index (χ1) is 8.84. The highest BCUT2D eigenvalue weighted by Crippen LogP contribution is 2.19. The number of sulfone groups is 1. The molecular formula is C11H15ClN2O4S. The second-order valence-electron chi connectivity index (χ2n) is 4.76. The normalized spacial score (nSPS) is 21.7. The van der Waals surface area contributed by atoms with Crippen molar-refractivity contribution in [2.75, 3.05) is 11.5 Å². The van der Waals surface area contributed by atoms with Crippen molar-refractivity contribution in [2.45, 2.75) is 26.3 Å². The van der Waals surface area contributed by atoms with Gasteiger partial charge in [-0.3, -0.25) is 14.3 Å². The molecule has 19 heavy (non-hydrogen) atoms. The molecule has 0 radical (unpaired) electrons. The molecule has 1 atom stereocenters. The molecular weight excluding hydrogens is 292 g/mol. The Balaban J connectivity index is 2.37. The summed E-state index contributed by atoms with van der Waals surface area (Å²) in [5.41, 5.74) is -0.667. The van der Waals surface area contributed by atoms with E-state index in [9.17, 15) is 18.0 Å². The SMILES string of the molecule is CCc1c(Cl)[nH]c(=O)n(CC2CCS(=O)(=O)C2)c1=O. The highest BCUT2D eigenvalue weighted by atomic mass is 35.5. The van der Waals surface area contributed by atoms with Gasteiger partial charge in [-0.05, 0) is 18.8 Å². The first-order valence-corrected chi connectivity index (χ1v) is 8.26. The summed E-state index contributed by atoms with van der Waals surface area (Å²) in [6.07, 6.45) is 0.899. The minimum atomic E-state index is -3.02. The summed E-state index contributed by atoms with van der Waals surface area (Å²) in [5, 5.41) is 0.0628. The van der Waals surface area contributed by atoms with Gasteiger partial charge >= 0.3 is 5.69 Å². The van der Waals surface area contributed by atoms with Crippen LogP contribution < -0.4 is 11.2 Å². The number of halogens is 1. The van der Waals surface area contributed by atoms with Gasteiger partial charge in [-0.2, -0.15) is 0 Å². The van der Waals surface area contributed by atoms with Gasteiger partial charge in [-0.1, -0.05) is 18.5 Å². The van der Waals surface area contributed by atoms with Gasteiger partial charge in [0.05, 0.1) is 17.1 Å². The molecule has 1 saturated heterocycles. The fraction of sp³-hybridized carbons (Fsp3) is 0.636. The largest absolute Gasteiger partial charge is 0.329 e. The first kappa shape index (κ1) is 14.3. The van der Waals surface area contributed by atoms with Crippen LogP contribution in [0.25, 0.3) is 0 Å². The molecule has 1 aliphatic rings. The molecule has 8 heteroatoms. The Morgan fingerprint density at radius 1 is 1.42 bits per heavy atom. The lowest BCUT2D eigenvalue weighted by Crippen LogP contribution is -2.39. The Kier molecular flexibility index (Phi) is 3.87. The van der Waals surface area contributed by atoms with Gasteiger partial charge in [0.1, 0.15) is 5.15 Å². The Bertz CT molecular complexity index is 704. The highest BCUT2D eigenvalue weighted by Gasteiger charge is 2.29. The molecule has 0 amide bonds. The Labute approximate surface area is 115 Å². The number of hydrogen-bond donors (Lipinski definition) is 1. The molecule has 106 valence electrons. The van der Waals surface area contributed by atoms with E-state index in [4.69, 9.17) is 11.6 Å². The van der Waals surface area contributed by atoms with Crippen molar-refractivity contribution in [2.24, 2.45) is 5.92 Å². The first-order valence-electron chi connectivity index (χ1n) is 6.06. The quantitative estimate of drug-likeness (QED) is 0.807. The number of nitrogens with zero attached hydrogens (tertiary/aromatic N) is 1. The van der Waals surface area contributed by atoms with Crippen molar-refractivity contribution < 1.29 is 8.42 Å². The van der Waals surface area contributed by atoms with Crippen molar-refractivity contribution >= 4 is 21.4 Å². The standard InChI is InChI=1S/C11H15ClN2O4S/c1-2-8-9(12)13-11(16)14(10(8)15)5-7-3-4-19(17,18)6-7/h7H,2-6H2,1H3,(H,13,16). The second-order valence-corrected chi connectivity index (χ2v) is 7.37. The zero-order valence-corrected chi connectivity index (χ0v) is 12.1. The summed E-state index contributed by atoms with van der Waals surface area (Å²) in [4.78, 5) is 26.3. The van der Waals surface area contributed by atoms with Crippen molar-refractivity contribution in [3.63, 3.8) is 0 Å². The van der Waals surface area contributed by atoms with Crippen LogP contribution in [0.3, 0.4) is 0 Å². The zero-order valence-electron chi connectivity index (χ0n) is 10.5. The maximum Gasteiger partial charge on any atom is 0.329 e. The molecule has 0 aromatic carbocycles. The fourth-order valence-corrected chi connectivity index (χ4v) is 4.48. The summed E-state index contributed by atoms with van der Waals surface area (Å²) in [7, 11) is -3.02. The minimum Gasteiger partial charge on any atom is -0.297 e. The number of nitrogens with one attached hydrogen (secondary N) is 1. The third-order valence-corrected chi connectivity index (χ3v) is 5.51. The molecule has 0 saturated carbocycles. The van der Waals surface area contributed by atoms with E-state index in [2.05, 4.69) is 4.98 Å². The lowest BCUT2D eigenvalue weighted by Gasteiger charge is -2.11. The minimum absolute atomic E-state index is 0.0307. The average Bonchev–Trinajstić information content (AvgIpc) is 2.64. The predicted molar refractivity (Wildman–Crippen MR) is 72.5 cm³/mol. The van der Waals surface area contributed by atoms with E-state index in [1.165, 1.54) is 0 Å². The van der Waals surface area contributed by atoms with Crippen LogP contribution >= 0.6 is 11.6 Å². The molecule has 1 N–H and O–H groups in total. The maximum atomic E-state index is 12.1. The van der Waals surface area contributed by atoms with E-state index in [-0.39, 0.29) is 29.1 Å². The van der Waals surface area contributed by atoms with Crippen LogP contribution in [-0.4, -0.2) is 29.5 Å². The molecule has 0 bridgehead atoms. The lowest BCUT2D eigenvalue weighted by molar-refractivity contribution is 0.463. The average molecular weight is 307 g/mol. The summed E-state index contributed by atoms with van der Waals surface area (Å²) in [6.45, 7) is 1.89. The zero-order chi connectivity index (χ0) is 14.2. The highest BCUT2D eigenvalue weighted by molar-refractivity contribution is 7.91. The van der Waals surface area contributed by atoms with Crippen LogP contribution in [0.4, 0.5) is 0 Å². The number of rotatable bonds is 3. The Morgan fingerprint density at radius 3 is 2.63 bits per heavy atom. The van der Waals surface area contributed by atoms with Crippen LogP contribution in [0.15, 0.2) is 9.59 Å². The maximum absolute atomic E-state index is 12.1. The number of H-pyrrole nitrogens is 1. The van der Waals surface area contributed by atoms with Gasteiger partial charge < -0.3 is 0 Å². The summed E-state index contributed by atoms with van der Waals surface area (Å²) in [5.74, 6) is -0.0312. The summed E-state index contributed by atoms with van der Waals surface area (Å²) < 4.78 is 23.8. The van der Waals surface area contributed by atoms with Crippen molar-refractivity contribution in [3.8, 4) is 0 Å². The van der Waals surface area contributed by atoms with Gasteiger partial charge in [-0.25, -0.2) is 13.2 Å². The molecule has 1 aromatic rings. The van der Waals surface area contributed by atoms with Crippen LogP contribution in [0.1, 0.15) is 18.9 Å². The van der Waals surface area contributed by atoms with Gasteiger partial charge in [0.15, 0.2) is 9.84 Å². The van der Waals surface area contributed by atoms with E-state index in [1.807, 2.05) is 0 Å². The van der Waals surface area contributed by atoms with E-state index < -0.39 is 21.1 Å². The van der Waals surface area contributed by atoms with Gasteiger partial charge in [-0.15, -0.1) is 0 Å². The van der Waals surface area contributed by atoms with Crippen LogP contribution in [0, 0.1) is 5.92 Å². The molecule has 1 aromatic heterocycles. The monoisotopic (exact) mass is 306 g/mol. The third-order valence-electron chi connectivity index (χ3n) is 3.35. The molecule has 1 fully saturated rings. The number of aromatic amines is 1.